The molecule has 1 aromatic carbocycles. The quantitative estimate of drug-likeness (QED) is 0.735. The van der Waals surface area contributed by atoms with Crippen LogP contribution in [0.4, 0.5) is 8.78 Å². The third kappa shape index (κ3) is 4.82. The highest BCUT2D eigenvalue weighted by atomic mass is 19.1. The number of ether oxygens (including phenoxy) is 2. The zero-order chi connectivity index (χ0) is 19.2. The highest BCUT2D eigenvalue weighted by Crippen LogP contribution is 2.23. The summed E-state index contributed by atoms with van der Waals surface area (Å²) in [5.41, 5.74) is 0.192. The molecule has 1 atom stereocenters. The molecule has 1 amide bonds. The van der Waals surface area contributed by atoms with Crippen molar-refractivity contribution < 1.29 is 27.6 Å². The number of aromatic nitrogens is 1. The molecule has 0 aliphatic carbocycles. The van der Waals surface area contributed by atoms with E-state index in [-0.39, 0.29) is 35.8 Å². The first-order valence-electron chi connectivity index (χ1n) is 8.92. The molecule has 1 aromatic heterocycles. The predicted octanol–water partition coefficient (Wildman–Crippen LogP) is 3.56. The highest BCUT2D eigenvalue weighted by molar-refractivity contribution is 5.92. The Kier molecular flexibility index (Phi) is 6.39. The Labute approximate surface area is 156 Å². The minimum Gasteiger partial charge on any atom is -0.482 e. The number of hydrogen-bond donors (Lipinski definition) is 0. The van der Waals surface area contributed by atoms with Crippen LogP contribution in [0.2, 0.25) is 0 Å². The normalized spacial score (nSPS) is 17.1. The van der Waals surface area contributed by atoms with Gasteiger partial charge in [0, 0.05) is 38.4 Å². The van der Waals surface area contributed by atoms with Crippen molar-refractivity contribution in [3.63, 3.8) is 0 Å². The maximum absolute atomic E-state index is 13.6. The van der Waals surface area contributed by atoms with Gasteiger partial charge in [0.25, 0.3) is 5.91 Å². The van der Waals surface area contributed by atoms with Crippen LogP contribution in [-0.4, -0.2) is 42.3 Å². The number of rotatable bonds is 7. The topological polar surface area (TPSA) is 64.8 Å². The van der Waals surface area contributed by atoms with Gasteiger partial charge in [0.2, 0.25) is 0 Å². The van der Waals surface area contributed by atoms with E-state index in [4.69, 9.17) is 14.0 Å². The number of piperidine rings is 1. The van der Waals surface area contributed by atoms with Crippen molar-refractivity contribution in [3.05, 3.63) is 47.4 Å². The van der Waals surface area contributed by atoms with Crippen LogP contribution in [-0.2, 0) is 11.3 Å². The molecule has 8 heteroatoms. The van der Waals surface area contributed by atoms with Crippen LogP contribution in [0.5, 0.6) is 5.75 Å². The van der Waals surface area contributed by atoms with Crippen LogP contribution in [0.3, 0.4) is 0 Å². The second-order valence-corrected chi connectivity index (χ2v) is 6.47. The molecule has 1 fully saturated rings. The molecule has 1 aliphatic heterocycles. The minimum absolute atomic E-state index is 0.101. The summed E-state index contributed by atoms with van der Waals surface area (Å²) in [4.78, 5) is 14.6. The first-order chi connectivity index (χ1) is 13.1. The van der Waals surface area contributed by atoms with Gasteiger partial charge in [-0.25, -0.2) is 8.78 Å². The van der Waals surface area contributed by atoms with Crippen LogP contribution in [0.25, 0.3) is 0 Å². The van der Waals surface area contributed by atoms with E-state index in [0.29, 0.717) is 13.2 Å². The monoisotopic (exact) mass is 380 g/mol. The standard InChI is InChI=1S/C19H22F2N2O4/c1-25-9-7-14-4-2-3-8-23(14)19(24)17-11-15(27-22-17)12-26-18-6-5-13(20)10-16(18)21/h5-6,10-11,14H,2-4,7-9,12H2,1H3. The summed E-state index contributed by atoms with van der Waals surface area (Å²) in [7, 11) is 1.64. The largest absolute Gasteiger partial charge is 0.482 e. The lowest BCUT2D eigenvalue weighted by molar-refractivity contribution is 0.0543. The lowest BCUT2D eigenvalue weighted by Gasteiger charge is -2.35. The zero-order valence-electron chi connectivity index (χ0n) is 15.1. The average molecular weight is 380 g/mol. The summed E-state index contributed by atoms with van der Waals surface area (Å²) in [5, 5.41) is 3.82. The molecular weight excluding hydrogens is 358 g/mol. The second-order valence-electron chi connectivity index (χ2n) is 6.47. The van der Waals surface area contributed by atoms with E-state index in [0.717, 1.165) is 37.8 Å². The molecule has 0 bridgehead atoms. The fraction of sp³-hybridized carbons (Fsp3) is 0.474. The Morgan fingerprint density at radius 1 is 1.33 bits per heavy atom. The number of likely N-dealkylation sites (tertiary alicyclic amines) is 1. The van der Waals surface area contributed by atoms with Gasteiger partial charge in [-0.3, -0.25) is 4.79 Å². The summed E-state index contributed by atoms with van der Waals surface area (Å²) in [6.07, 6.45) is 3.75. The fourth-order valence-electron chi connectivity index (χ4n) is 3.19. The molecule has 0 saturated carbocycles. The maximum atomic E-state index is 13.6. The van der Waals surface area contributed by atoms with Crippen LogP contribution >= 0.6 is 0 Å². The molecule has 0 spiro atoms. The Hall–Kier alpha value is -2.48. The molecule has 1 aliphatic rings. The van der Waals surface area contributed by atoms with E-state index in [1.807, 2.05) is 4.90 Å². The Morgan fingerprint density at radius 3 is 2.96 bits per heavy atom. The van der Waals surface area contributed by atoms with Crippen molar-refractivity contribution in [1.29, 1.82) is 0 Å². The van der Waals surface area contributed by atoms with Crippen molar-refractivity contribution in [1.82, 2.24) is 10.1 Å². The molecule has 1 unspecified atom stereocenters. The van der Waals surface area contributed by atoms with E-state index in [2.05, 4.69) is 5.16 Å². The zero-order valence-corrected chi connectivity index (χ0v) is 15.1. The van der Waals surface area contributed by atoms with E-state index in [1.165, 1.54) is 12.1 Å². The maximum Gasteiger partial charge on any atom is 0.276 e. The van der Waals surface area contributed by atoms with Gasteiger partial charge < -0.3 is 18.9 Å². The molecule has 0 N–H and O–H groups in total. The third-order valence-electron chi connectivity index (χ3n) is 4.59. The number of hydrogen-bond acceptors (Lipinski definition) is 5. The Bertz CT molecular complexity index is 781. The van der Waals surface area contributed by atoms with E-state index >= 15 is 0 Å². The first kappa shape index (κ1) is 19.3. The highest BCUT2D eigenvalue weighted by Gasteiger charge is 2.29. The molecule has 3 rings (SSSR count). The van der Waals surface area contributed by atoms with Crippen molar-refractivity contribution >= 4 is 5.91 Å². The van der Waals surface area contributed by atoms with Crippen LogP contribution < -0.4 is 4.74 Å². The smallest absolute Gasteiger partial charge is 0.276 e. The van der Waals surface area contributed by atoms with Crippen LogP contribution in [0.1, 0.15) is 41.9 Å². The molecule has 2 heterocycles. The molecule has 146 valence electrons. The Morgan fingerprint density at radius 2 is 2.19 bits per heavy atom. The van der Waals surface area contributed by atoms with Crippen molar-refractivity contribution in [2.24, 2.45) is 0 Å². The SMILES string of the molecule is COCCC1CCCCN1C(=O)c1cc(COc2ccc(F)cc2F)on1. The Balaban J connectivity index is 1.62. The number of carbonyl (C=O) groups is 1. The molecular formula is C19H22F2N2O4. The minimum atomic E-state index is -0.805. The second kappa shape index (κ2) is 8.94. The van der Waals surface area contributed by atoms with Crippen LogP contribution in [0.15, 0.2) is 28.8 Å². The first-order valence-corrected chi connectivity index (χ1v) is 8.92. The van der Waals surface area contributed by atoms with Crippen molar-refractivity contribution in [3.8, 4) is 5.75 Å². The summed E-state index contributed by atoms with van der Waals surface area (Å²) < 4.78 is 42.0. The van der Waals surface area contributed by atoms with Gasteiger partial charge in [-0.05, 0) is 37.8 Å². The number of carbonyl (C=O) groups excluding carboxylic acids is 1. The van der Waals surface area contributed by atoms with Gasteiger partial charge >= 0.3 is 0 Å². The third-order valence-corrected chi connectivity index (χ3v) is 4.59. The lowest BCUT2D eigenvalue weighted by Crippen LogP contribution is -2.44. The molecule has 2 aromatic rings. The number of benzene rings is 1. The molecule has 0 radical (unpaired) electrons. The van der Waals surface area contributed by atoms with Gasteiger partial charge in [0.15, 0.2) is 23.0 Å². The summed E-state index contributed by atoms with van der Waals surface area (Å²) in [6.45, 7) is 1.15. The van der Waals surface area contributed by atoms with Crippen LogP contribution in [0, 0.1) is 11.6 Å². The van der Waals surface area contributed by atoms with E-state index in [1.54, 1.807) is 7.11 Å². The average Bonchev–Trinajstić information content (AvgIpc) is 3.14. The van der Waals surface area contributed by atoms with Crippen molar-refractivity contribution in [2.45, 2.75) is 38.3 Å². The van der Waals surface area contributed by atoms with Gasteiger partial charge in [-0.1, -0.05) is 5.16 Å². The molecule has 27 heavy (non-hydrogen) atoms. The lowest BCUT2D eigenvalue weighted by atomic mass is 9.99. The number of methoxy groups -OCH3 is 1. The summed E-state index contributed by atoms with van der Waals surface area (Å²) >= 11 is 0. The van der Waals surface area contributed by atoms with Gasteiger partial charge in [-0.2, -0.15) is 0 Å². The number of amides is 1. The van der Waals surface area contributed by atoms with Gasteiger partial charge in [-0.15, -0.1) is 0 Å². The summed E-state index contributed by atoms with van der Waals surface area (Å²) in [5.74, 6) is -1.50. The predicted molar refractivity (Wildman–Crippen MR) is 92.4 cm³/mol. The molecule has 6 nitrogen and oxygen atoms in total. The van der Waals surface area contributed by atoms with Gasteiger partial charge in [0.1, 0.15) is 12.4 Å². The number of nitrogens with zero attached hydrogens (tertiary/aromatic N) is 2. The van der Waals surface area contributed by atoms with E-state index in [9.17, 15) is 13.6 Å². The fourth-order valence-corrected chi connectivity index (χ4v) is 3.19. The van der Waals surface area contributed by atoms with Gasteiger partial charge in [0.05, 0.1) is 0 Å². The van der Waals surface area contributed by atoms with Crippen molar-refractivity contribution in [2.75, 3.05) is 20.3 Å². The number of halogens is 2. The summed E-state index contributed by atoms with van der Waals surface area (Å²) in [6, 6.07) is 4.65. The van der Waals surface area contributed by atoms with E-state index < -0.39 is 11.6 Å². The molecule has 1 saturated heterocycles.